The summed E-state index contributed by atoms with van der Waals surface area (Å²) in [6, 6.07) is 14.4. The van der Waals surface area contributed by atoms with E-state index in [1.54, 1.807) is 42.6 Å². The van der Waals surface area contributed by atoms with Gasteiger partial charge in [0.1, 0.15) is 5.01 Å². The molecule has 0 bridgehead atoms. The number of benzene rings is 2. The molecule has 5 nitrogen and oxygen atoms in total. The van der Waals surface area contributed by atoms with Gasteiger partial charge in [-0.25, -0.2) is 4.98 Å². The Morgan fingerprint density at radius 3 is 2.33 bits per heavy atom. The van der Waals surface area contributed by atoms with Gasteiger partial charge in [-0.05, 0) is 61.5 Å². The summed E-state index contributed by atoms with van der Waals surface area (Å²) in [6.07, 6.45) is 1.25. The minimum Gasteiger partial charge on any atom is -0.322 e. The summed E-state index contributed by atoms with van der Waals surface area (Å²) in [6.45, 7) is 5.43. The number of nitrogens with zero attached hydrogens (tertiary/aromatic N) is 2. The monoisotopic (exact) mass is 377 g/mol. The number of likely N-dealkylation sites (N-methyl/N-ethyl adjacent to an activating group) is 1. The SMILES string of the molecule is C=CC(=O)N(C)c1ccc(C(=O)Nc2ccc(-c3nc(C)cs3)cc2)cc1. The molecular weight excluding hydrogens is 358 g/mol. The van der Waals surface area contributed by atoms with Crippen molar-refractivity contribution in [2.75, 3.05) is 17.3 Å². The average molecular weight is 377 g/mol. The van der Waals surface area contributed by atoms with E-state index in [9.17, 15) is 9.59 Å². The Labute approximate surface area is 162 Å². The van der Waals surface area contributed by atoms with Crippen molar-refractivity contribution in [2.45, 2.75) is 6.92 Å². The van der Waals surface area contributed by atoms with Crippen molar-refractivity contribution >= 4 is 34.5 Å². The number of aromatic nitrogens is 1. The molecular formula is C21H19N3O2S. The van der Waals surface area contributed by atoms with E-state index in [-0.39, 0.29) is 11.8 Å². The smallest absolute Gasteiger partial charge is 0.255 e. The number of anilines is 2. The van der Waals surface area contributed by atoms with Crippen LogP contribution in [0.25, 0.3) is 10.6 Å². The maximum Gasteiger partial charge on any atom is 0.255 e. The lowest BCUT2D eigenvalue weighted by atomic mass is 10.1. The van der Waals surface area contributed by atoms with Gasteiger partial charge in [-0.1, -0.05) is 6.58 Å². The van der Waals surface area contributed by atoms with E-state index in [4.69, 9.17) is 0 Å². The van der Waals surface area contributed by atoms with Crippen molar-refractivity contribution in [2.24, 2.45) is 0 Å². The predicted molar refractivity (Wildman–Crippen MR) is 110 cm³/mol. The Balaban J connectivity index is 1.68. The van der Waals surface area contributed by atoms with Crippen molar-refractivity contribution in [1.29, 1.82) is 0 Å². The van der Waals surface area contributed by atoms with E-state index in [0.29, 0.717) is 16.9 Å². The van der Waals surface area contributed by atoms with Gasteiger partial charge in [0.2, 0.25) is 5.91 Å². The van der Waals surface area contributed by atoms with E-state index in [1.807, 2.05) is 36.6 Å². The molecule has 1 aromatic heterocycles. The second kappa shape index (κ2) is 7.97. The molecule has 0 fully saturated rings. The van der Waals surface area contributed by atoms with Crippen LogP contribution in [0, 0.1) is 6.92 Å². The van der Waals surface area contributed by atoms with Crippen molar-refractivity contribution in [3.8, 4) is 10.6 Å². The molecule has 0 unspecified atom stereocenters. The van der Waals surface area contributed by atoms with E-state index < -0.39 is 0 Å². The minimum atomic E-state index is -0.211. The van der Waals surface area contributed by atoms with Gasteiger partial charge in [0.15, 0.2) is 0 Å². The molecule has 3 aromatic rings. The van der Waals surface area contributed by atoms with E-state index in [0.717, 1.165) is 16.3 Å². The molecule has 0 saturated carbocycles. The van der Waals surface area contributed by atoms with Gasteiger partial charge in [-0.15, -0.1) is 11.3 Å². The van der Waals surface area contributed by atoms with Gasteiger partial charge in [-0.2, -0.15) is 0 Å². The number of rotatable bonds is 5. The zero-order chi connectivity index (χ0) is 19.4. The topological polar surface area (TPSA) is 62.3 Å². The molecule has 1 heterocycles. The highest BCUT2D eigenvalue weighted by Crippen LogP contribution is 2.25. The number of carbonyl (C=O) groups is 2. The molecule has 136 valence electrons. The minimum absolute atomic E-state index is 0.206. The van der Waals surface area contributed by atoms with Gasteiger partial charge in [-0.3, -0.25) is 9.59 Å². The number of carbonyl (C=O) groups excluding carboxylic acids is 2. The van der Waals surface area contributed by atoms with Crippen molar-refractivity contribution in [3.63, 3.8) is 0 Å². The summed E-state index contributed by atoms with van der Waals surface area (Å²) >= 11 is 1.59. The first-order valence-corrected chi connectivity index (χ1v) is 9.20. The van der Waals surface area contributed by atoms with Gasteiger partial charge in [0.05, 0.1) is 0 Å². The highest BCUT2D eigenvalue weighted by atomic mass is 32.1. The Morgan fingerprint density at radius 1 is 1.11 bits per heavy atom. The highest BCUT2D eigenvalue weighted by molar-refractivity contribution is 7.13. The number of aryl methyl sites for hydroxylation is 1. The highest BCUT2D eigenvalue weighted by Gasteiger charge is 2.10. The third-order valence-corrected chi connectivity index (χ3v) is 5.04. The van der Waals surface area contributed by atoms with E-state index in [1.165, 1.54) is 11.0 Å². The standard InChI is InChI=1S/C21H19N3O2S/c1-4-19(25)24(3)18-11-7-15(8-12-18)20(26)23-17-9-5-16(6-10-17)21-22-14(2)13-27-21/h4-13H,1H2,2-3H3,(H,23,26). The lowest BCUT2D eigenvalue weighted by Gasteiger charge is -2.15. The summed E-state index contributed by atoms with van der Waals surface area (Å²) < 4.78 is 0. The molecule has 1 N–H and O–H groups in total. The maximum absolute atomic E-state index is 12.4. The third-order valence-electron chi connectivity index (χ3n) is 4.03. The Hall–Kier alpha value is -3.25. The molecule has 0 aliphatic rings. The van der Waals surface area contributed by atoms with Crippen LogP contribution in [-0.4, -0.2) is 23.8 Å². The molecule has 27 heavy (non-hydrogen) atoms. The first kappa shape index (κ1) is 18.5. The maximum atomic E-state index is 12.4. The second-order valence-electron chi connectivity index (χ2n) is 5.97. The quantitative estimate of drug-likeness (QED) is 0.665. The van der Waals surface area contributed by atoms with Crippen LogP contribution in [0.3, 0.4) is 0 Å². The summed E-state index contributed by atoms with van der Waals surface area (Å²) in [7, 11) is 1.66. The van der Waals surface area contributed by atoms with Gasteiger partial charge in [0.25, 0.3) is 5.91 Å². The van der Waals surface area contributed by atoms with Crippen LogP contribution in [0.15, 0.2) is 66.6 Å². The fraction of sp³-hybridized carbons (Fsp3) is 0.0952. The molecule has 2 aromatic carbocycles. The summed E-state index contributed by atoms with van der Waals surface area (Å²) in [4.78, 5) is 30.0. The van der Waals surface area contributed by atoms with Crippen LogP contribution >= 0.6 is 11.3 Å². The molecule has 2 amide bonds. The normalized spacial score (nSPS) is 10.3. The fourth-order valence-electron chi connectivity index (χ4n) is 2.49. The Kier molecular flexibility index (Phi) is 5.47. The third kappa shape index (κ3) is 4.30. The van der Waals surface area contributed by atoms with Crippen LogP contribution in [0.2, 0.25) is 0 Å². The van der Waals surface area contributed by atoms with Crippen LogP contribution in [-0.2, 0) is 4.79 Å². The summed E-state index contributed by atoms with van der Waals surface area (Å²) in [5.41, 5.74) is 3.93. The number of amides is 2. The first-order valence-electron chi connectivity index (χ1n) is 8.32. The molecule has 0 atom stereocenters. The first-order chi connectivity index (χ1) is 13.0. The van der Waals surface area contributed by atoms with Gasteiger partial charge < -0.3 is 10.2 Å². The van der Waals surface area contributed by atoms with Crippen LogP contribution in [0.1, 0.15) is 16.1 Å². The molecule has 6 heteroatoms. The molecule has 0 radical (unpaired) electrons. The average Bonchev–Trinajstić information content (AvgIpc) is 3.13. The number of thiazole rings is 1. The fourth-order valence-corrected chi connectivity index (χ4v) is 3.29. The summed E-state index contributed by atoms with van der Waals surface area (Å²) in [5.74, 6) is -0.417. The lowest BCUT2D eigenvalue weighted by Crippen LogP contribution is -2.23. The van der Waals surface area contributed by atoms with Gasteiger partial charge >= 0.3 is 0 Å². The number of hydrogen-bond donors (Lipinski definition) is 1. The van der Waals surface area contributed by atoms with Crippen LogP contribution in [0.5, 0.6) is 0 Å². The Morgan fingerprint density at radius 2 is 1.78 bits per heavy atom. The Bertz CT molecular complexity index is 975. The van der Waals surface area contributed by atoms with Crippen molar-refractivity contribution in [3.05, 3.63) is 77.8 Å². The zero-order valence-electron chi connectivity index (χ0n) is 15.1. The number of nitrogens with one attached hydrogen (secondary N) is 1. The lowest BCUT2D eigenvalue weighted by molar-refractivity contribution is -0.113. The predicted octanol–water partition coefficient (Wildman–Crippen LogP) is 4.52. The molecule has 3 rings (SSSR count). The number of hydrogen-bond acceptors (Lipinski definition) is 4. The second-order valence-corrected chi connectivity index (χ2v) is 6.83. The molecule has 0 saturated heterocycles. The zero-order valence-corrected chi connectivity index (χ0v) is 15.9. The molecule has 0 spiro atoms. The summed E-state index contributed by atoms with van der Waals surface area (Å²) in [5, 5.41) is 5.84. The van der Waals surface area contributed by atoms with Crippen LogP contribution < -0.4 is 10.2 Å². The molecule has 0 aliphatic carbocycles. The molecule has 0 aliphatic heterocycles. The largest absolute Gasteiger partial charge is 0.322 e. The van der Waals surface area contributed by atoms with Crippen molar-refractivity contribution < 1.29 is 9.59 Å². The van der Waals surface area contributed by atoms with Gasteiger partial charge in [0, 0.05) is 40.6 Å². The van der Waals surface area contributed by atoms with E-state index >= 15 is 0 Å². The van der Waals surface area contributed by atoms with Crippen LogP contribution in [0.4, 0.5) is 11.4 Å². The van der Waals surface area contributed by atoms with Crippen molar-refractivity contribution in [1.82, 2.24) is 4.98 Å². The van der Waals surface area contributed by atoms with E-state index in [2.05, 4.69) is 16.9 Å².